The Balaban J connectivity index is 0.846. The summed E-state index contributed by atoms with van der Waals surface area (Å²) < 4.78 is 46.8. The Morgan fingerprint density at radius 2 is 0.930 bits per heavy atom. The summed E-state index contributed by atoms with van der Waals surface area (Å²) in [6.45, 7) is 16.8. The van der Waals surface area contributed by atoms with Crippen LogP contribution >= 0.6 is 23.5 Å². The highest BCUT2D eigenvalue weighted by molar-refractivity contribution is 8.05. The Labute approximate surface area is 669 Å². The number of carbonyl (C=O) groups is 14. The number of ether oxygens (including phenoxy) is 8. The Bertz CT molecular complexity index is 4030. The Morgan fingerprint density at radius 3 is 1.41 bits per heavy atom. The van der Waals surface area contributed by atoms with Gasteiger partial charge in [0.2, 0.25) is 70.9 Å². The van der Waals surface area contributed by atoms with E-state index in [0.29, 0.717) is 41.1 Å². The molecule has 2 aromatic carbocycles. The van der Waals surface area contributed by atoms with Crippen molar-refractivity contribution in [1.82, 2.24) is 51.5 Å². The first-order valence-corrected chi connectivity index (χ1v) is 40.4. The van der Waals surface area contributed by atoms with Gasteiger partial charge in [-0.2, -0.15) is 0 Å². The molecule has 14 amide bonds. The molecule has 7 N–H and O–H groups in total. The summed E-state index contributed by atoms with van der Waals surface area (Å²) in [4.78, 5) is 205. The molecular weight excluding hydrogens is 1530 g/mol. The molecule has 37 heteroatoms. The fraction of sp³-hybridized carbons (Fsp3) is 0.610. The Morgan fingerprint density at radius 1 is 0.491 bits per heavy atom. The topological polar surface area (TPSA) is 425 Å². The summed E-state index contributed by atoms with van der Waals surface area (Å²) in [6.07, 6.45) is -0.605. The predicted molar refractivity (Wildman–Crippen MR) is 414 cm³/mol. The van der Waals surface area contributed by atoms with E-state index in [1.807, 2.05) is 13.8 Å². The van der Waals surface area contributed by atoms with Gasteiger partial charge < -0.3 is 89.6 Å². The lowest BCUT2D eigenvalue weighted by Gasteiger charge is -2.36. The number of rotatable bonds is 4. The molecule has 10 rings (SSSR count). The van der Waals surface area contributed by atoms with Crippen molar-refractivity contribution in [2.45, 2.75) is 163 Å². The summed E-state index contributed by atoms with van der Waals surface area (Å²) in [5, 5.41) is 25.6. The third kappa shape index (κ3) is 20.6. The van der Waals surface area contributed by atoms with Crippen molar-refractivity contribution in [2.24, 2.45) is 11.8 Å². The molecule has 8 bridgehead atoms. The van der Waals surface area contributed by atoms with Crippen LogP contribution in [0.4, 0.5) is 11.4 Å². The average molecular weight is 1630 g/mol. The summed E-state index contributed by atoms with van der Waals surface area (Å²) in [5.41, 5.74) is 1.79. The van der Waals surface area contributed by atoms with E-state index in [9.17, 15) is 72.2 Å². The quantitative estimate of drug-likeness (QED) is 0.164. The zero-order valence-corrected chi connectivity index (χ0v) is 67.2. The van der Waals surface area contributed by atoms with Crippen molar-refractivity contribution in [3.05, 3.63) is 59.7 Å². The van der Waals surface area contributed by atoms with E-state index in [1.165, 1.54) is 65.7 Å². The van der Waals surface area contributed by atoms with Crippen LogP contribution in [0.5, 0.6) is 23.0 Å². The number of aliphatic hydroxyl groups is 1. The number of hydrogen-bond acceptors (Lipinski definition) is 25. The average Bonchev–Trinajstić information content (AvgIpc) is 1.61. The molecule has 622 valence electrons. The molecule has 0 aliphatic carbocycles. The minimum absolute atomic E-state index is 0.00348. The van der Waals surface area contributed by atoms with Gasteiger partial charge in [-0.3, -0.25) is 81.8 Å². The number of aliphatic hydroxyl groups excluding tert-OH is 1. The second-order valence-electron chi connectivity index (χ2n) is 29.7. The molecular formula is C77H104N12O23S2. The number of nitrogens with one attached hydrogen (secondary N) is 6. The van der Waals surface area contributed by atoms with Crippen LogP contribution in [0.1, 0.15) is 120 Å². The van der Waals surface area contributed by atoms with Crippen molar-refractivity contribution < 1.29 is 110 Å². The van der Waals surface area contributed by atoms with Crippen LogP contribution < -0.4 is 60.6 Å². The zero-order chi connectivity index (χ0) is 82.4. The molecule has 8 aliphatic heterocycles. The van der Waals surface area contributed by atoms with E-state index in [4.69, 9.17) is 37.9 Å². The number of amides is 14. The molecule has 8 aliphatic rings. The van der Waals surface area contributed by atoms with Crippen molar-refractivity contribution in [2.75, 3.05) is 136 Å². The maximum atomic E-state index is 14.6. The van der Waals surface area contributed by atoms with Crippen LogP contribution in [0, 0.1) is 11.8 Å². The zero-order valence-electron chi connectivity index (χ0n) is 65.5. The number of imide groups is 2. The van der Waals surface area contributed by atoms with Gasteiger partial charge in [-0.15, -0.1) is 23.5 Å². The van der Waals surface area contributed by atoms with Gasteiger partial charge >= 0.3 is 0 Å². The highest BCUT2D eigenvalue weighted by atomic mass is 32.2. The van der Waals surface area contributed by atoms with Crippen LogP contribution in [-0.2, 0) is 76.5 Å². The summed E-state index contributed by atoms with van der Waals surface area (Å²) >= 11 is 2.40. The molecule has 0 radical (unpaired) electrons. The Kier molecular flexibility index (Phi) is 30.3. The van der Waals surface area contributed by atoms with E-state index in [0.717, 1.165) is 10.5 Å². The van der Waals surface area contributed by atoms with Gasteiger partial charge in [0.05, 0.1) is 138 Å². The molecule has 35 nitrogen and oxygen atoms in total. The number of fused-ring (bicyclic) bond motifs is 11. The van der Waals surface area contributed by atoms with Gasteiger partial charge in [0.1, 0.15) is 24.2 Å². The summed E-state index contributed by atoms with van der Waals surface area (Å²) in [5.74, 6) is -10.2. The van der Waals surface area contributed by atoms with Gasteiger partial charge in [0.25, 0.3) is 11.8 Å². The molecule has 5 saturated heterocycles. The molecule has 0 saturated carbocycles. The monoisotopic (exact) mass is 1630 g/mol. The van der Waals surface area contributed by atoms with Crippen molar-refractivity contribution in [1.29, 1.82) is 0 Å². The second-order valence-corrected chi connectivity index (χ2v) is 32.9. The smallest absolute Gasteiger partial charge is 0.256 e. The highest BCUT2D eigenvalue weighted by Crippen LogP contribution is 2.45. The number of carbonyl (C=O) groups excluding carboxylic acids is 14. The predicted octanol–water partition coefficient (Wildman–Crippen LogP) is 0.741. The standard InChI is InChI=1S/C77H104N12O23S2/c1-41(2)65-69(96)80-36-63(94)85-40-47-28-43(5)38-84(47)73(100)48-30-53(105-9)55(32-50(48)85)111-18-12-11-13-19-112-56-33-51-49(31-54(56)106-10)74(101)86-39-44(6)29-52(86)75(102)87(51)64(95)37-81-70(97)66(42(3)4)83-60(91)15-21-108-25-27-110-23-17-79-72(99)68-67(71(98)78-16-22-109-26-24-107-20-14-59(90)82-65)88-61(92)34-57(76(88)103)113-45(7)46(8)114-58-35-62(93)89(68)77(58)104/h30-33,41-42,45-47,52,57-58,65-68,75,102H,5-6,11-29,34-40H2,1-4,7-10H3,(H,78,98)(H,79,99)(H,80,96)(H,81,97)(H,82,90)(H,83,91)/t45?,46?,47-,52-,57?,58?,65-,66-,67?,68?,75-/m0/s1. The SMILES string of the molecule is C=C1C[C@H]2CN3C(=O)CNC(=O)[C@H](C(C)C)NC(=O)CCOCCOCCNC(=O)C4C(C(=O)NCCOCCOCCC(=O)N[C@@H](C(C)C)C(=O)NCC(=O)N5c6cc(c(OC)cc6C(=O)N6CC(=C)C[C@H]6[C@@H]5O)OCCCCCOc5cc3c(cc5OC)C(=O)N2C1)N1C(=O)CC(SC(C)C(C)SC2CC(=O)N4C2=O)C1=O. The normalized spacial score (nSPS) is 27.9. The molecule has 5 fully saturated rings. The molecule has 6 unspecified atom stereocenters. The number of thioether (sulfide) groups is 2. The van der Waals surface area contributed by atoms with Crippen LogP contribution in [0.3, 0.4) is 0 Å². The fourth-order valence-corrected chi connectivity index (χ4v) is 17.5. The minimum Gasteiger partial charge on any atom is -0.493 e. The van der Waals surface area contributed by atoms with Crippen LogP contribution in [0.15, 0.2) is 48.6 Å². The molecule has 8 heterocycles. The summed E-state index contributed by atoms with van der Waals surface area (Å²) in [6, 6.07) is -1.72. The van der Waals surface area contributed by atoms with Gasteiger partial charge in [0, 0.05) is 81.0 Å². The lowest BCUT2D eigenvalue weighted by atomic mass is 10.0. The van der Waals surface area contributed by atoms with E-state index in [1.54, 1.807) is 38.7 Å². The van der Waals surface area contributed by atoms with E-state index in [-0.39, 0.29) is 193 Å². The maximum absolute atomic E-state index is 14.6. The van der Waals surface area contributed by atoms with E-state index >= 15 is 0 Å². The third-order valence-corrected chi connectivity index (χ3v) is 24.1. The third-order valence-electron chi connectivity index (χ3n) is 20.9. The van der Waals surface area contributed by atoms with Gasteiger partial charge in [-0.1, -0.05) is 65.8 Å². The van der Waals surface area contributed by atoms with E-state index in [2.05, 4.69) is 45.1 Å². The van der Waals surface area contributed by atoms with Gasteiger partial charge in [-0.25, -0.2) is 0 Å². The first-order valence-electron chi connectivity index (χ1n) is 38.5. The lowest BCUT2D eigenvalue weighted by molar-refractivity contribution is -0.158. The molecule has 11 atom stereocenters. The number of anilines is 2. The van der Waals surface area contributed by atoms with Crippen LogP contribution in [0.2, 0.25) is 0 Å². The Hall–Kier alpha value is -9.40. The van der Waals surface area contributed by atoms with Gasteiger partial charge in [0.15, 0.2) is 29.2 Å². The van der Waals surface area contributed by atoms with Gasteiger partial charge in [-0.05, 0) is 56.1 Å². The summed E-state index contributed by atoms with van der Waals surface area (Å²) in [7, 11) is 2.80. The van der Waals surface area contributed by atoms with Crippen molar-refractivity contribution in [3.63, 3.8) is 0 Å². The number of methoxy groups -OCH3 is 2. The first kappa shape index (κ1) is 87.0. The molecule has 114 heavy (non-hydrogen) atoms. The van der Waals surface area contributed by atoms with Crippen molar-refractivity contribution >= 4 is 118 Å². The molecule has 2 aromatic rings. The van der Waals surface area contributed by atoms with Crippen LogP contribution in [-0.4, -0.2) is 297 Å². The largest absolute Gasteiger partial charge is 0.493 e. The van der Waals surface area contributed by atoms with Crippen LogP contribution in [0.25, 0.3) is 0 Å². The van der Waals surface area contributed by atoms with Crippen molar-refractivity contribution in [3.8, 4) is 23.0 Å². The van der Waals surface area contributed by atoms with E-state index < -0.39 is 155 Å². The second kappa shape index (κ2) is 39.8. The minimum atomic E-state index is -2.02. The highest BCUT2D eigenvalue weighted by Gasteiger charge is 2.57. The number of nitrogens with zero attached hydrogens (tertiary/aromatic N) is 6. The maximum Gasteiger partial charge on any atom is 0.256 e. The molecule has 0 aromatic heterocycles. The lowest BCUT2D eigenvalue weighted by Crippen LogP contribution is -2.66. The fourth-order valence-electron chi connectivity index (χ4n) is 14.7. The first-order chi connectivity index (χ1) is 54.5. The molecule has 0 spiro atoms. The number of hydrogen-bond donors (Lipinski definition) is 7. The number of benzene rings is 2.